The van der Waals surface area contributed by atoms with E-state index in [1.807, 2.05) is 0 Å². The highest BCUT2D eigenvalue weighted by Crippen LogP contribution is 2.18. The molecule has 0 aliphatic carbocycles. The minimum absolute atomic E-state index is 0.0495. The van der Waals surface area contributed by atoms with Crippen LogP contribution in [0.1, 0.15) is 12.0 Å². The summed E-state index contributed by atoms with van der Waals surface area (Å²) in [6.45, 7) is -0.0703. The summed E-state index contributed by atoms with van der Waals surface area (Å²) >= 11 is 0. The first-order chi connectivity index (χ1) is 9.63. The molecule has 1 aromatic heterocycles. The zero-order valence-electron chi connectivity index (χ0n) is 10.4. The number of aromatic nitrogens is 1. The fourth-order valence-corrected chi connectivity index (χ4v) is 2.63. The van der Waals surface area contributed by atoms with E-state index in [9.17, 15) is 8.42 Å². The summed E-state index contributed by atoms with van der Waals surface area (Å²) in [5.41, 5.74) is 0.358. The van der Waals surface area contributed by atoms with Crippen LogP contribution in [0.2, 0.25) is 0 Å². The van der Waals surface area contributed by atoms with Crippen molar-refractivity contribution >= 4 is 15.8 Å². The van der Waals surface area contributed by atoms with Crippen LogP contribution in [0.4, 0.5) is 5.82 Å². The van der Waals surface area contributed by atoms with Gasteiger partial charge in [-0.05, 0) is 12.1 Å². The molecule has 6 nitrogen and oxygen atoms in total. The number of anilines is 1. The van der Waals surface area contributed by atoms with Crippen molar-refractivity contribution in [1.29, 1.82) is 0 Å². The topological polar surface area (TPSA) is 92.4 Å². The number of benzene rings is 1. The third kappa shape index (κ3) is 3.38. The maximum Gasteiger partial charge on any atom is 0.264 e. The smallest absolute Gasteiger partial charge is 0.264 e. The Morgan fingerprint density at radius 1 is 1.30 bits per heavy atom. The lowest BCUT2D eigenvalue weighted by atomic mass is 10.2. The number of sulfonamides is 1. The van der Waals surface area contributed by atoms with Gasteiger partial charge in [0, 0.05) is 18.1 Å². The van der Waals surface area contributed by atoms with Gasteiger partial charge in [-0.2, -0.15) is 0 Å². The lowest BCUT2D eigenvalue weighted by Crippen LogP contribution is -2.14. The van der Waals surface area contributed by atoms with Crippen LogP contribution >= 0.6 is 0 Å². The van der Waals surface area contributed by atoms with E-state index in [1.165, 1.54) is 18.4 Å². The average molecular weight is 292 g/mol. The lowest BCUT2D eigenvalue weighted by Gasteiger charge is -2.06. The van der Waals surface area contributed by atoms with Gasteiger partial charge in [0.05, 0.1) is 6.61 Å². The summed E-state index contributed by atoms with van der Waals surface area (Å²) in [7, 11) is -3.79. The second-order valence-electron chi connectivity index (χ2n) is 3.76. The first-order valence-corrected chi connectivity index (χ1v) is 7.24. The molecule has 20 heavy (non-hydrogen) atoms. The predicted octanol–water partition coefficient (Wildman–Crippen LogP) is 1.21. The lowest BCUT2D eigenvalue weighted by molar-refractivity contribution is 0.305. The molecule has 0 saturated heterocycles. The highest BCUT2D eigenvalue weighted by Gasteiger charge is 2.18. The van der Waals surface area contributed by atoms with Crippen molar-refractivity contribution in [3.05, 3.63) is 42.2 Å². The van der Waals surface area contributed by atoms with Crippen LogP contribution in [0, 0.1) is 11.8 Å². The van der Waals surface area contributed by atoms with Gasteiger partial charge in [0.1, 0.15) is 11.2 Å². The quantitative estimate of drug-likeness (QED) is 0.826. The van der Waals surface area contributed by atoms with Crippen molar-refractivity contribution in [1.82, 2.24) is 5.16 Å². The van der Waals surface area contributed by atoms with Gasteiger partial charge in [0.25, 0.3) is 10.0 Å². The van der Waals surface area contributed by atoms with E-state index in [0.717, 1.165) is 0 Å². The Morgan fingerprint density at radius 3 is 2.80 bits per heavy atom. The van der Waals surface area contributed by atoms with Crippen molar-refractivity contribution in [2.45, 2.75) is 11.3 Å². The minimum atomic E-state index is -3.79. The van der Waals surface area contributed by atoms with E-state index in [2.05, 4.69) is 26.2 Å². The van der Waals surface area contributed by atoms with E-state index in [-0.39, 0.29) is 23.7 Å². The Labute approximate surface area is 116 Å². The highest BCUT2D eigenvalue weighted by atomic mass is 32.2. The van der Waals surface area contributed by atoms with Gasteiger partial charge in [-0.25, -0.2) is 8.42 Å². The van der Waals surface area contributed by atoms with Gasteiger partial charge < -0.3 is 9.63 Å². The van der Waals surface area contributed by atoms with Crippen molar-refractivity contribution in [3.8, 4) is 11.8 Å². The van der Waals surface area contributed by atoms with Crippen LogP contribution in [0.5, 0.6) is 0 Å². The standard InChI is InChI=1S/C13H12N2O4S/c16-9-4-3-6-11-5-1-2-7-12(11)20(17,18)15-13-8-10-19-14-13/h1-2,5,7-8,10,16H,4,9H2,(H,14,15). The zero-order chi connectivity index (χ0) is 14.4. The van der Waals surface area contributed by atoms with Gasteiger partial charge in [0.15, 0.2) is 5.82 Å². The van der Waals surface area contributed by atoms with Crippen LogP contribution in [0.3, 0.4) is 0 Å². The molecule has 0 unspecified atom stereocenters. The summed E-state index contributed by atoms with van der Waals surface area (Å²) in [5, 5.41) is 12.2. The molecule has 2 aromatic rings. The average Bonchev–Trinajstić information content (AvgIpc) is 2.91. The molecule has 0 amide bonds. The zero-order valence-corrected chi connectivity index (χ0v) is 11.2. The van der Waals surface area contributed by atoms with Gasteiger partial charge in [0.2, 0.25) is 0 Å². The summed E-state index contributed by atoms with van der Waals surface area (Å²) in [6.07, 6.45) is 1.55. The molecule has 0 saturated carbocycles. The highest BCUT2D eigenvalue weighted by molar-refractivity contribution is 7.92. The largest absolute Gasteiger partial charge is 0.395 e. The number of hydrogen-bond donors (Lipinski definition) is 2. The Bertz CT molecular complexity index is 727. The van der Waals surface area contributed by atoms with Gasteiger partial charge in [-0.1, -0.05) is 29.1 Å². The molecule has 7 heteroatoms. The molecule has 0 aliphatic heterocycles. The number of nitrogens with one attached hydrogen (secondary N) is 1. The number of rotatable bonds is 4. The summed E-state index contributed by atoms with van der Waals surface area (Å²) in [4.78, 5) is 0.0495. The number of nitrogens with zero attached hydrogens (tertiary/aromatic N) is 1. The number of aliphatic hydroxyl groups excluding tert-OH is 1. The molecule has 0 radical (unpaired) electrons. The number of aliphatic hydroxyl groups is 1. The van der Waals surface area contributed by atoms with Crippen LogP contribution in [-0.2, 0) is 10.0 Å². The normalized spacial score (nSPS) is 10.7. The summed E-state index contributed by atoms with van der Waals surface area (Å²) < 4.78 is 31.4. The first kappa shape index (κ1) is 14.1. The molecule has 104 valence electrons. The predicted molar refractivity (Wildman–Crippen MR) is 72.3 cm³/mol. The van der Waals surface area contributed by atoms with Crippen LogP contribution in [0.25, 0.3) is 0 Å². The number of hydrogen-bond acceptors (Lipinski definition) is 5. The maximum atomic E-state index is 12.2. The van der Waals surface area contributed by atoms with Crippen molar-refractivity contribution in [2.75, 3.05) is 11.3 Å². The Balaban J connectivity index is 2.35. The Morgan fingerprint density at radius 2 is 2.10 bits per heavy atom. The van der Waals surface area contributed by atoms with E-state index in [0.29, 0.717) is 5.56 Å². The molecule has 1 heterocycles. The molecule has 0 aliphatic rings. The molecular formula is C13H12N2O4S. The van der Waals surface area contributed by atoms with Crippen LogP contribution in [0.15, 0.2) is 46.0 Å². The third-order valence-corrected chi connectivity index (χ3v) is 3.73. The fraction of sp³-hybridized carbons (Fsp3) is 0.154. The molecule has 0 spiro atoms. The van der Waals surface area contributed by atoms with Gasteiger partial charge >= 0.3 is 0 Å². The van der Waals surface area contributed by atoms with Crippen LogP contribution < -0.4 is 4.72 Å². The fourth-order valence-electron chi connectivity index (χ4n) is 1.48. The van der Waals surface area contributed by atoms with E-state index >= 15 is 0 Å². The van der Waals surface area contributed by atoms with Crippen molar-refractivity contribution in [3.63, 3.8) is 0 Å². The molecule has 2 rings (SSSR count). The van der Waals surface area contributed by atoms with E-state index in [4.69, 9.17) is 5.11 Å². The SMILES string of the molecule is O=S(=O)(Nc1ccon1)c1ccccc1C#CCCO. The van der Waals surface area contributed by atoms with Crippen molar-refractivity contribution < 1.29 is 18.0 Å². The maximum absolute atomic E-state index is 12.2. The van der Waals surface area contributed by atoms with Crippen LogP contribution in [-0.4, -0.2) is 25.3 Å². The molecule has 0 atom stereocenters. The Kier molecular flexibility index (Phi) is 4.40. The molecule has 0 fully saturated rings. The first-order valence-electron chi connectivity index (χ1n) is 5.75. The summed E-state index contributed by atoms with van der Waals surface area (Å²) in [6, 6.07) is 7.75. The summed E-state index contributed by atoms with van der Waals surface area (Å²) in [5.74, 6) is 5.52. The molecule has 1 aromatic carbocycles. The van der Waals surface area contributed by atoms with Gasteiger partial charge in [-0.3, -0.25) is 4.72 Å². The monoisotopic (exact) mass is 292 g/mol. The third-order valence-electron chi connectivity index (χ3n) is 2.31. The van der Waals surface area contributed by atoms with Gasteiger partial charge in [-0.15, -0.1) is 0 Å². The van der Waals surface area contributed by atoms with E-state index < -0.39 is 10.0 Å². The van der Waals surface area contributed by atoms with Crippen molar-refractivity contribution in [2.24, 2.45) is 0 Å². The minimum Gasteiger partial charge on any atom is -0.395 e. The second-order valence-corrected chi connectivity index (χ2v) is 5.41. The molecule has 0 bridgehead atoms. The Hall–Kier alpha value is -2.30. The molecule has 2 N–H and O–H groups in total. The molecular weight excluding hydrogens is 280 g/mol. The van der Waals surface area contributed by atoms with E-state index in [1.54, 1.807) is 18.2 Å². The second kappa shape index (κ2) is 6.23.